The van der Waals surface area contributed by atoms with Gasteiger partial charge in [-0.3, -0.25) is 0 Å². The van der Waals surface area contributed by atoms with Gasteiger partial charge in [-0.05, 0) is 124 Å². The molecule has 0 unspecified atom stereocenters. The van der Waals surface area contributed by atoms with Crippen molar-refractivity contribution >= 4 is 107 Å². The number of rotatable bonds is 3. The molecule has 0 aliphatic rings. The van der Waals surface area contributed by atoms with E-state index < -0.39 is 0 Å². The molecule has 2 aromatic heterocycles. The van der Waals surface area contributed by atoms with Crippen LogP contribution in [0.25, 0.3) is 129 Å². The maximum atomic E-state index is 6.73. The lowest BCUT2D eigenvalue weighted by Crippen LogP contribution is -1.91. The van der Waals surface area contributed by atoms with Crippen LogP contribution in [0.2, 0.25) is 0 Å². The van der Waals surface area contributed by atoms with E-state index in [4.69, 9.17) is 4.42 Å². The van der Waals surface area contributed by atoms with Crippen molar-refractivity contribution in [3.63, 3.8) is 0 Å². The molecule has 0 fully saturated rings. The summed E-state index contributed by atoms with van der Waals surface area (Å²) in [5, 5.41) is 17.3. The van der Waals surface area contributed by atoms with Gasteiger partial charge in [-0.2, -0.15) is 0 Å². The van der Waals surface area contributed by atoms with Crippen molar-refractivity contribution in [3.8, 4) is 33.4 Å². The topological polar surface area (TPSA) is 13.1 Å². The lowest BCUT2D eigenvalue weighted by atomic mass is 9.84. The van der Waals surface area contributed by atoms with E-state index in [1.54, 1.807) is 0 Å². The number of benzene rings is 11. The fraction of sp³-hybridized carbons (Fsp3) is 0. The van der Waals surface area contributed by atoms with E-state index in [0.29, 0.717) is 0 Å². The Labute approximate surface area is 337 Å². The maximum absolute atomic E-state index is 6.73. The number of thiophene rings is 1. The standard InChI is InChI=1S/C56H32OS/c1-2-12-40-33(10-1)11-9-18-41(40)53-44-15-5-3-13-42(44)52(43-14-4-6-16-45(43)53)39-25-24-35-30-36(22-23-37(35)31-39)38-21-20-34-26-27-47-54-49(57-56(47)48(34)32-38)28-29-51-55(54)46-17-7-8-19-50(46)58-51/h1-32H. The lowest BCUT2D eigenvalue weighted by molar-refractivity contribution is 0.673. The number of fused-ring (bicyclic) bond motifs is 13. The van der Waals surface area contributed by atoms with Crippen molar-refractivity contribution in [2.45, 2.75) is 0 Å². The molecule has 2 heterocycles. The van der Waals surface area contributed by atoms with Gasteiger partial charge in [0.1, 0.15) is 11.2 Å². The van der Waals surface area contributed by atoms with Crippen molar-refractivity contribution in [1.82, 2.24) is 0 Å². The van der Waals surface area contributed by atoms with E-state index in [1.807, 2.05) is 11.3 Å². The van der Waals surface area contributed by atoms with Crippen molar-refractivity contribution in [1.29, 1.82) is 0 Å². The normalized spacial score (nSPS) is 12.1. The van der Waals surface area contributed by atoms with Crippen LogP contribution in [-0.2, 0) is 0 Å². The smallest absolute Gasteiger partial charge is 0.143 e. The van der Waals surface area contributed by atoms with Gasteiger partial charge in [0, 0.05) is 36.3 Å². The number of hydrogen-bond donors (Lipinski definition) is 0. The molecule has 0 saturated carbocycles. The van der Waals surface area contributed by atoms with Crippen molar-refractivity contribution < 1.29 is 4.42 Å². The monoisotopic (exact) mass is 752 g/mol. The Kier molecular flexibility index (Phi) is 6.66. The average molecular weight is 753 g/mol. The van der Waals surface area contributed by atoms with Crippen LogP contribution in [0, 0.1) is 0 Å². The van der Waals surface area contributed by atoms with Crippen LogP contribution in [0.1, 0.15) is 0 Å². The third kappa shape index (κ3) is 4.58. The molecule has 0 radical (unpaired) electrons. The van der Waals surface area contributed by atoms with Crippen LogP contribution in [0.3, 0.4) is 0 Å². The Bertz CT molecular complexity index is 3800. The minimum atomic E-state index is 0.939. The highest BCUT2D eigenvalue weighted by atomic mass is 32.1. The summed E-state index contributed by atoms with van der Waals surface area (Å²) >= 11 is 1.85. The Morgan fingerprint density at radius 1 is 0.310 bits per heavy atom. The maximum Gasteiger partial charge on any atom is 0.143 e. The van der Waals surface area contributed by atoms with Gasteiger partial charge in [-0.25, -0.2) is 0 Å². The quantitative estimate of drug-likeness (QED) is 0.164. The summed E-state index contributed by atoms with van der Waals surface area (Å²) in [6.45, 7) is 0. The summed E-state index contributed by atoms with van der Waals surface area (Å²) in [5.41, 5.74) is 9.32. The minimum absolute atomic E-state index is 0.939. The molecule has 2 heteroatoms. The third-order valence-electron chi connectivity index (χ3n) is 12.4. The molecule has 0 N–H and O–H groups in total. The molecule has 0 saturated heterocycles. The van der Waals surface area contributed by atoms with Gasteiger partial charge in [-0.15, -0.1) is 11.3 Å². The van der Waals surface area contributed by atoms with Gasteiger partial charge in [0.25, 0.3) is 0 Å². The Hall–Kier alpha value is -7.26. The number of furan rings is 1. The Morgan fingerprint density at radius 3 is 1.66 bits per heavy atom. The SMILES string of the molecule is c1ccc2c(-c3c4ccccc4c(-c4ccc5cc(-c6ccc7ccc8c(oc9ccc%10sc%11ccccc%11c%10c98)c7c6)ccc5c4)c4ccccc34)cccc2c1. The van der Waals surface area contributed by atoms with Gasteiger partial charge in [0.15, 0.2) is 0 Å². The highest BCUT2D eigenvalue weighted by Gasteiger charge is 2.19. The predicted octanol–water partition coefficient (Wildman–Crippen LogP) is 16.7. The van der Waals surface area contributed by atoms with E-state index in [1.165, 1.54) is 113 Å². The van der Waals surface area contributed by atoms with Crippen LogP contribution in [0.15, 0.2) is 199 Å². The van der Waals surface area contributed by atoms with Gasteiger partial charge >= 0.3 is 0 Å². The molecule has 0 amide bonds. The third-order valence-corrected chi connectivity index (χ3v) is 13.5. The molecular weight excluding hydrogens is 721 g/mol. The highest BCUT2D eigenvalue weighted by Crippen LogP contribution is 2.47. The Balaban J connectivity index is 0.956. The van der Waals surface area contributed by atoms with E-state index in [-0.39, 0.29) is 0 Å². The second kappa shape index (κ2) is 12.1. The zero-order valence-corrected chi connectivity index (χ0v) is 32.1. The fourth-order valence-corrected chi connectivity index (χ4v) is 10.9. The summed E-state index contributed by atoms with van der Waals surface area (Å²) in [5.74, 6) is 0. The minimum Gasteiger partial charge on any atom is -0.455 e. The van der Waals surface area contributed by atoms with Crippen molar-refractivity contribution in [3.05, 3.63) is 194 Å². The average Bonchev–Trinajstić information content (AvgIpc) is 3.86. The second-order valence-electron chi connectivity index (χ2n) is 15.5. The van der Waals surface area contributed by atoms with Gasteiger partial charge in [-0.1, -0.05) is 152 Å². The second-order valence-corrected chi connectivity index (χ2v) is 16.6. The molecule has 13 aromatic rings. The van der Waals surface area contributed by atoms with Crippen LogP contribution >= 0.6 is 11.3 Å². The van der Waals surface area contributed by atoms with Gasteiger partial charge < -0.3 is 4.42 Å². The van der Waals surface area contributed by atoms with Crippen LogP contribution < -0.4 is 0 Å². The Morgan fingerprint density at radius 2 is 0.879 bits per heavy atom. The molecule has 11 aromatic carbocycles. The zero-order valence-electron chi connectivity index (χ0n) is 31.3. The summed E-state index contributed by atoms with van der Waals surface area (Å²) in [7, 11) is 0. The zero-order chi connectivity index (χ0) is 37.9. The molecule has 0 bridgehead atoms. The molecule has 0 aliphatic heterocycles. The van der Waals surface area contributed by atoms with Crippen molar-refractivity contribution in [2.24, 2.45) is 0 Å². The van der Waals surface area contributed by atoms with Crippen molar-refractivity contribution in [2.75, 3.05) is 0 Å². The summed E-state index contributed by atoms with van der Waals surface area (Å²) < 4.78 is 9.33. The molecule has 58 heavy (non-hydrogen) atoms. The molecular formula is C56H32OS. The summed E-state index contributed by atoms with van der Waals surface area (Å²) in [4.78, 5) is 0. The van der Waals surface area contributed by atoms with E-state index >= 15 is 0 Å². The van der Waals surface area contributed by atoms with E-state index in [9.17, 15) is 0 Å². The first-order valence-electron chi connectivity index (χ1n) is 19.9. The first-order chi connectivity index (χ1) is 28.7. The molecule has 13 rings (SSSR count). The van der Waals surface area contributed by atoms with E-state index in [0.717, 1.165) is 16.6 Å². The first-order valence-corrected chi connectivity index (χ1v) is 20.7. The molecule has 0 atom stereocenters. The van der Waals surface area contributed by atoms with Gasteiger partial charge in [0.05, 0.1) is 0 Å². The molecule has 0 spiro atoms. The van der Waals surface area contributed by atoms with E-state index in [2.05, 4.69) is 194 Å². The molecule has 0 aliphatic carbocycles. The largest absolute Gasteiger partial charge is 0.455 e. The first kappa shape index (κ1) is 31.9. The predicted molar refractivity (Wildman–Crippen MR) is 250 cm³/mol. The summed E-state index contributed by atoms with van der Waals surface area (Å²) in [6, 6.07) is 71.5. The van der Waals surface area contributed by atoms with Crippen LogP contribution in [0.5, 0.6) is 0 Å². The molecule has 268 valence electrons. The van der Waals surface area contributed by atoms with Gasteiger partial charge in [0.2, 0.25) is 0 Å². The number of hydrogen-bond acceptors (Lipinski definition) is 2. The summed E-state index contributed by atoms with van der Waals surface area (Å²) in [6.07, 6.45) is 0. The molecule has 1 nitrogen and oxygen atoms in total. The van der Waals surface area contributed by atoms with Crippen LogP contribution in [-0.4, -0.2) is 0 Å². The fourth-order valence-electron chi connectivity index (χ4n) is 9.79. The lowest BCUT2D eigenvalue weighted by Gasteiger charge is -2.19. The highest BCUT2D eigenvalue weighted by molar-refractivity contribution is 7.26. The van der Waals surface area contributed by atoms with Crippen LogP contribution in [0.4, 0.5) is 0 Å².